The Morgan fingerprint density at radius 3 is 2.69 bits per heavy atom. The van der Waals surface area contributed by atoms with Gasteiger partial charge in [-0.3, -0.25) is 4.79 Å². The van der Waals surface area contributed by atoms with Crippen molar-refractivity contribution < 1.29 is 23.1 Å². The molecule has 0 aromatic heterocycles. The number of carbonyl (C=O) groups is 1. The molecule has 2 atom stereocenters. The number of piperidine rings is 1. The summed E-state index contributed by atoms with van der Waals surface area (Å²) in [7, 11) is 0. The van der Waals surface area contributed by atoms with Crippen molar-refractivity contribution >= 4 is 11.6 Å². The largest absolute Gasteiger partial charge is 0.417 e. The first-order valence-electron chi connectivity index (χ1n) is 10.5. The third-order valence-electron chi connectivity index (χ3n) is 6.79. The topological polar surface area (TPSA) is 67.6 Å². The van der Waals surface area contributed by atoms with Gasteiger partial charge in [-0.2, -0.15) is 18.4 Å². The lowest BCUT2D eigenvalue weighted by Gasteiger charge is -2.43. The van der Waals surface area contributed by atoms with Crippen LogP contribution >= 0.6 is 0 Å². The number of alkyl halides is 3. The Kier molecular flexibility index (Phi) is 5.63. The van der Waals surface area contributed by atoms with E-state index in [-0.39, 0.29) is 18.4 Å². The van der Waals surface area contributed by atoms with E-state index in [9.17, 15) is 23.1 Å². The Bertz CT molecular complexity index is 1080. The van der Waals surface area contributed by atoms with E-state index in [1.165, 1.54) is 12.1 Å². The summed E-state index contributed by atoms with van der Waals surface area (Å²) in [5.41, 5.74) is 0.159. The Balaban J connectivity index is 1.57. The number of hydrogen-bond donors (Lipinski definition) is 1. The Morgan fingerprint density at radius 1 is 1.25 bits per heavy atom. The Labute approximate surface area is 184 Å². The van der Waals surface area contributed by atoms with Gasteiger partial charge in [0.1, 0.15) is 0 Å². The summed E-state index contributed by atoms with van der Waals surface area (Å²) >= 11 is 0. The van der Waals surface area contributed by atoms with E-state index >= 15 is 0 Å². The number of carbonyl (C=O) groups excluding carboxylic acids is 1. The van der Waals surface area contributed by atoms with Gasteiger partial charge in [-0.15, -0.1) is 0 Å². The third-order valence-corrected chi connectivity index (χ3v) is 6.79. The molecule has 2 aliphatic heterocycles. The predicted molar refractivity (Wildman–Crippen MR) is 113 cm³/mol. The second-order valence-corrected chi connectivity index (χ2v) is 8.81. The minimum atomic E-state index is -4.61. The molecule has 2 saturated heterocycles. The quantitative estimate of drug-likeness (QED) is 0.783. The summed E-state index contributed by atoms with van der Waals surface area (Å²) in [5.74, 6) is -0.166. The molecule has 32 heavy (non-hydrogen) atoms. The first kappa shape index (κ1) is 22.2. The van der Waals surface area contributed by atoms with Gasteiger partial charge in [-0.05, 0) is 43.7 Å². The van der Waals surface area contributed by atoms with E-state index in [0.717, 1.165) is 11.6 Å². The molecule has 168 valence electrons. The van der Waals surface area contributed by atoms with Crippen LogP contribution in [0.2, 0.25) is 0 Å². The molecule has 2 aromatic rings. The predicted octanol–water partition coefficient (Wildman–Crippen LogP) is 3.85. The maximum absolute atomic E-state index is 13.4. The minimum absolute atomic E-state index is 0.0695. The molecule has 2 heterocycles. The molecule has 0 radical (unpaired) electrons. The van der Waals surface area contributed by atoms with Crippen LogP contribution in [0.25, 0.3) is 0 Å². The average molecular weight is 443 g/mol. The van der Waals surface area contributed by atoms with Gasteiger partial charge >= 0.3 is 6.18 Å². The van der Waals surface area contributed by atoms with Gasteiger partial charge in [0.15, 0.2) is 0 Å². The van der Waals surface area contributed by atoms with E-state index in [2.05, 4.69) is 0 Å². The normalized spacial score (nSPS) is 23.1. The zero-order valence-corrected chi connectivity index (χ0v) is 17.7. The SMILES string of the molecule is Cc1cccc(C(=O)N2C[C@H]3CN(c4ccc(C#N)c(C(F)(F)F)c4)CC[C@@]3(CO)C2)c1. The minimum Gasteiger partial charge on any atom is -0.396 e. The zero-order chi connectivity index (χ0) is 23.1. The van der Waals surface area contributed by atoms with Crippen molar-refractivity contribution in [3.05, 3.63) is 64.7 Å². The van der Waals surface area contributed by atoms with Crippen molar-refractivity contribution in [2.75, 3.05) is 37.7 Å². The van der Waals surface area contributed by atoms with Gasteiger partial charge in [0.25, 0.3) is 5.91 Å². The highest BCUT2D eigenvalue weighted by Crippen LogP contribution is 2.44. The number of aliphatic hydroxyl groups excluding tert-OH is 1. The number of aliphatic hydroxyl groups is 1. The third kappa shape index (κ3) is 3.93. The smallest absolute Gasteiger partial charge is 0.396 e. The second kappa shape index (κ2) is 8.14. The number of benzene rings is 2. The van der Waals surface area contributed by atoms with Crippen molar-refractivity contribution in [2.45, 2.75) is 19.5 Å². The molecular weight excluding hydrogens is 419 g/mol. The lowest BCUT2D eigenvalue weighted by atomic mass is 9.73. The van der Waals surface area contributed by atoms with Crippen LogP contribution in [0.3, 0.4) is 0 Å². The molecule has 4 rings (SSSR count). The van der Waals surface area contributed by atoms with Gasteiger partial charge in [-0.25, -0.2) is 0 Å². The molecule has 0 spiro atoms. The number of nitrogens with zero attached hydrogens (tertiary/aromatic N) is 3. The molecule has 2 aromatic carbocycles. The van der Waals surface area contributed by atoms with Crippen LogP contribution in [0.1, 0.15) is 33.5 Å². The van der Waals surface area contributed by atoms with Crippen LogP contribution in [0.5, 0.6) is 0 Å². The lowest BCUT2D eigenvalue weighted by molar-refractivity contribution is -0.137. The van der Waals surface area contributed by atoms with Gasteiger partial charge in [0.2, 0.25) is 0 Å². The van der Waals surface area contributed by atoms with Crippen LogP contribution in [0, 0.1) is 29.6 Å². The van der Waals surface area contributed by atoms with Crippen LogP contribution in [0.4, 0.5) is 18.9 Å². The highest BCUT2D eigenvalue weighted by molar-refractivity contribution is 5.94. The Morgan fingerprint density at radius 2 is 2.03 bits per heavy atom. The van der Waals surface area contributed by atoms with E-state index in [1.54, 1.807) is 17.0 Å². The monoisotopic (exact) mass is 443 g/mol. The Hall–Kier alpha value is -3.05. The van der Waals surface area contributed by atoms with E-state index < -0.39 is 22.7 Å². The van der Waals surface area contributed by atoms with Crippen molar-refractivity contribution in [2.24, 2.45) is 11.3 Å². The fourth-order valence-corrected chi connectivity index (χ4v) is 4.95. The molecule has 0 aliphatic carbocycles. The molecule has 0 bridgehead atoms. The molecule has 2 fully saturated rings. The number of nitriles is 1. The van der Waals surface area contributed by atoms with Crippen LogP contribution < -0.4 is 4.90 Å². The molecule has 1 amide bonds. The van der Waals surface area contributed by atoms with E-state index in [0.29, 0.717) is 43.9 Å². The fourth-order valence-electron chi connectivity index (χ4n) is 4.95. The van der Waals surface area contributed by atoms with Gasteiger partial charge in [0, 0.05) is 48.8 Å². The molecule has 0 saturated carbocycles. The summed E-state index contributed by atoms with van der Waals surface area (Å²) in [5, 5.41) is 19.2. The van der Waals surface area contributed by atoms with Crippen molar-refractivity contribution in [1.29, 1.82) is 5.26 Å². The molecule has 5 nitrogen and oxygen atoms in total. The molecule has 8 heteroatoms. The number of anilines is 1. The molecule has 0 unspecified atom stereocenters. The first-order chi connectivity index (χ1) is 15.2. The second-order valence-electron chi connectivity index (χ2n) is 8.81. The van der Waals surface area contributed by atoms with E-state index in [1.807, 2.05) is 30.0 Å². The first-order valence-corrected chi connectivity index (χ1v) is 10.5. The highest BCUT2D eigenvalue weighted by Gasteiger charge is 2.50. The van der Waals surface area contributed by atoms with Gasteiger partial charge in [0.05, 0.1) is 23.8 Å². The maximum Gasteiger partial charge on any atom is 0.417 e. The van der Waals surface area contributed by atoms with Crippen molar-refractivity contribution in [3.8, 4) is 6.07 Å². The average Bonchev–Trinajstić information content (AvgIpc) is 3.17. The summed E-state index contributed by atoms with van der Waals surface area (Å²) in [4.78, 5) is 16.7. The number of halogens is 3. The summed E-state index contributed by atoms with van der Waals surface area (Å²) in [6, 6.07) is 12.7. The maximum atomic E-state index is 13.4. The fraction of sp³-hybridized carbons (Fsp3) is 0.417. The molecule has 1 N–H and O–H groups in total. The number of aryl methyl sites for hydroxylation is 1. The lowest BCUT2D eigenvalue weighted by Crippen LogP contribution is -2.49. The van der Waals surface area contributed by atoms with Crippen LogP contribution in [-0.4, -0.2) is 48.7 Å². The number of likely N-dealkylation sites (tertiary alicyclic amines) is 1. The van der Waals surface area contributed by atoms with Gasteiger partial charge < -0.3 is 14.9 Å². The number of fused-ring (bicyclic) bond motifs is 1. The van der Waals surface area contributed by atoms with Crippen LogP contribution in [-0.2, 0) is 6.18 Å². The van der Waals surface area contributed by atoms with Crippen LogP contribution in [0.15, 0.2) is 42.5 Å². The standard InChI is InChI=1S/C24H24F3N3O2/c1-16-3-2-4-17(9-16)22(32)30-13-19-12-29(8-7-23(19,14-30)15-31)20-6-5-18(11-28)21(10-20)24(25,26)27/h2-6,9-10,19,31H,7-8,12-15H2,1H3/t19-,23+/m1/s1. The van der Waals surface area contributed by atoms with Crippen molar-refractivity contribution in [1.82, 2.24) is 4.90 Å². The summed E-state index contributed by atoms with van der Waals surface area (Å²) in [6.45, 7) is 3.60. The number of amides is 1. The number of rotatable bonds is 3. The number of hydrogen-bond acceptors (Lipinski definition) is 4. The molecule has 2 aliphatic rings. The molecular formula is C24H24F3N3O2. The summed E-state index contributed by atoms with van der Waals surface area (Å²) in [6.07, 6.45) is -4.05. The summed E-state index contributed by atoms with van der Waals surface area (Å²) < 4.78 is 40.2. The van der Waals surface area contributed by atoms with Crippen molar-refractivity contribution in [3.63, 3.8) is 0 Å². The van der Waals surface area contributed by atoms with Gasteiger partial charge in [-0.1, -0.05) is 17.7 Å². The zero-order valence-electron chi connectivity index (χ0n) is 17.7. The highest BCUT2D eigenvalue weighted by atomic mass is 19.4. The van der Waals surface area contributed by atoms with E-state index in [4.69, 9.17) is 5.26 Å².